The zero-order valence-corrected chi connectivity index (χ0v) is 16.3. The molecule has 5 heteroatoms. The molecule has 1 atom stereocenters. The van der Waals surface area contributed by atoms with Crippen molar-refractivity contribution in [2.24, 2.45) is 10.9 Å². The van der Waals surface area contributed by atoms with Crippen molar-refractivity contribution in [1.29, 1.82) is 0 Å². The number of allylic oxidation sites excluding steroid dienone is 4. The minimum atomic E-state index is -0.0163. The SMILES string of the molecule is Cc1ccc(SNCCCNC2=CC=N/C3=C/C(Cl)=C\CC#CC23)cc1. The maximum Gasteiger partial charge on any atom is 0.102 e. The molecule has 2 aliphatic rings. The van der Waals surface area contributed by atoms with Gasteiger partial charge in [-0.15, -0.1) is 0 Å². The van der Waals surface area contributed by atoms with E-state index in [9.17, 15) is 0 Å². The monoisotopic (exact) mass is 383 g/mol. The minimum absolute atomic E-state index is 0.0163. The molecule has 0 aromatic heterocycles. The number of aryl methyl sites for hydroxylation is 1. The third kappa shape index (κ3) is 5.54. The molecule has 134 valence electrons. The first-order valence-electron chi connectivity index (χ1n) is 8.72. The Bertz CT molecular complexity index is 810. The number of hydrogen-bond donors (Lipinski definition) is 2. The van der Waals surface area contributed by atoms with Crippen LogP contribution in [0.4, 0.5) is 0 Å². The molecule has 1 aliphatic heterocycles. The highest BCUT2D eigenvalue weighted by molar-refractivity contribution is 7.97. The number of nitrogens with one attached hydrogen (secondary N) is 2. The molecule has 2 N–H and O–H groups in total. The molecular formula is C21H22ClN3S. The summed E-state index contributed by atoms with van der Waals surface area (Å²) in [6.45, 7) is 3.92. The Morgan fingerprint density at radius 1 is 1.27 bits per heavy atom. The second-order valence-corrected chi connectivity index (χ2v) is 7.51. The van der Waals surface area contributed by atoms with Gasteiger partial charge >= 0.3 is 0 Å². The van der Waals surface area contributed by atoms with Crippen LogP contribution in [0.1, 0.15) is 18.4 Å². The topological polar surface area (TPSA) is 36.4 Å². The number of nitrogens with zero attached hydrogens (tertiary/aromatic N) is 1. The van der Waals surface area contributed by atoms with Crippen LogP contribution in [-0.2, 0) is 0 Å². The summed E-state index contributed by atoms with van der Waals surface area (Å²) < 4.78 is 3.41. The van der Waals surface area contributed by atoms with E-state index in [1.165, 1.54) is 10.5 Å². The zero-order valence-electron chi connectivity index (χ0n) is 14.8. The van der Waals surface area contributed by atoms with Crippen LogP contribution in [0.15, 0.2) is 68.8 Å². The van der Waals surface area contributed by atoms with Gasteiger partial charge in [0.15, 0.2) is 0 Å². The maximum atomic E-state index is 6.17. The summed E-state index contributed by atoms with van der Waals surface area (Å²) in [6, 6.07) is 8.53. The fourth-order valence-corrected chi connectivity index (χ4v) is 3.48. The number of hydrogen-bond acceptors (Lipinski definition) is 4. The van der Waals surface area contributed by atoms with Gasteiger partial charge in [-0.3, -0.25) is 9.71 Å². The van der Waals surface area contributed by atoms with Gasteiger partial charge in [0.05, 0.1) is 5.70 Å². The van der Waals surface area contributed by atoms with E-state index in [2.05, 4.69) is 58.1 Å². The van der Waals surface area contributed by atoms with E-state index >= 15 is 0 Å². The smallest absolute Gasteiger partial charge is 0.102 e. The number of dihydropyridines is 1. The first kappa shape index (κ1) is 18.8. The molecule has 1 aliphatic carbocycles. The van der Waals surface area contributed by atoms with Crippen molar-refractivity contribution >= 4 is 29.8 Å². The van der Waals surface area contributed by atoms with Gasteiger partial charge in [0, 0.05) is 41.3 Å². The summed E-state index contributed by atoms with van der Waals surface area (Å²) in [5.74, 6) is 6.43. The van der Waals surface area contributed by atoms with Crippen LogP contribution >= 0.6 is 23.5 Å². The second-order valence-electron chi connectivity index (χ2n) is 6.11. The highest BCUT2D eigenvalue weighted by Gasteiger charge is 2.19. The molecular weight excluding hydrogens is 362 g/mol. The number of rotatable bonds is 7. The highest BCUT2D eigenvalue weighted by Crippen LogP contribution is 2.26. The first-order chi connectivity index (χ1) is 12.7. The minimum Gasteiger partial charge on any atom is -0.387 e. The molecule has 1 heterocycles. The molecule has 1 unspecified atom stereocenters. The maximum absolute atomic E-state index is 6.17. The fourth-order valence-electron chi connectivity index (χ4n) is 2.61. The quantitative estimate of drug-likeness (QED) is 0.411. The van der Waals surface area contributed by atoms with Crippen LogP contribution < -0.4 is 10.0 Å². The van der Waals surface area contributed by atoms with E-state index in [0.29, 0.717) is 11.5 Å². The molecule has 1 aromatic carbocycles. The average molecular weight is 384 g/mol. The lowest BCUT2D eigenvalue weighted by molar-refractivity contribution is 0.672. The Balaban J connectivity index is 1.43. The number of halogens is 1. The molecule has 3 rings (SSSR count). The third-order valence-electron chi connectivity index (χ3n) is 4.01. The van der Waals surface area contributed by atoms with Gasteiger partial charge in [-0.2, -0.15) is 0 Å². The third-order valence-corrected chi connectivity index (χ3v) is 5.13. The summed E-state index contributed by atoms with van der Waals surface area (Å²) in [4.78, 5) is 5.66. The average Bonchev–Trinajstić information content (AvgIpc) is 2.62. The van der Waals surface area contributed by atoms with Crippen LogP contribution in [0.3, 0.4) is 0 Å². The normalized spacial score (nSPS) is 22.4. The number of benzene rings is 1. The predicted octanol–water partition coefficient (Wildman–Crippen LogP) is 4.57. The molecule has 1 aromatic rings. The summed E-state index contributed by atoms with van der Waals surface area (Å²) >= 11 is 7.85. The van der Waals surface area contributed by atoms with Crippen molar-refractivity contribution in [2.45, 2.75) is 24.7 Å². The molecule has 26 heavy (non-hydrogen) atoms. The fraction of sp³-hybridized carbons (Fsp3) is 0.286. The number of aliphatic imine (C=N–C) groups is 1. The van der Waals surface area contributed by atoms with Crippen molar-refractivity contribution in [2.75, 3.05) is 13.1 Å². The van der Waals surface area contributed by atoms with E-state index in [0.717, 1.165) is 30.9 Å². The number of fused-ring (bicyclic) bond motifs is 1. The Labute approximate surface area is 164 Å². The van der Waals surface area contributed by atoms with Crippen molar-refractivity contribution < 1.29 is 0 Å². The highest BCUT2D eigenvalue weighted by atomic mass is 35.5. The van der Waals surface area contributed by atoms with Gasteiger partial charge in [-0.05, 0) is 49.6 Å². The zero-order chi connectivity index (χ0) is 18.2. The largest absolute Gasteiger partial charge is 0.387 e. The molecule has 0 fully saturated rings. The van der Waals surface area contributed by atoms with E-state index < -0.39 is 0 Å². The van der Waals surface area contributed by atoms with E-state index in [-0.39, 0.29) is 5.92 Å². The van der Waals surface area contributed by atoms with Crippen LogP contribution in [0, 0.1) is 24.7 Å². The lowest BCUT2D eigenvalue weighted by atomic mass is 9.97. The van der Waals surface area contributed by atoms with Crippen molar-refractivity contribution in [3.8, 4) is 11.8 Å². The van der Waals surface area contributed by atoms with Gasteiger partial charge in [-0.1, -0.05) is 47.2 Å². The van der Waals surface area contributed by atoms with Crippen LogP contribution in [0.25, 0.3) is 0 Å². The molecule has 0 bridgehead atoms. The Kier molecular flexibility index (Phi) is 7.02. The standard InChI is InChI=1S/C21H22ClN3S/c1-16-7-9-18(10-8-16)26-25-13-4-12-23-20-11-14-24-21-15-17(22)5-2-3-6-19(20)21/h5,7-11,14-15,19,23,25H,2,4,12-13H2,1H3/b17-5+,21-15+. The molecule has 3 nitrogen and oxygen atoms in total. The summed E-state index contributed by atoms with van der Waals surface area (Å²) in [5, 5.41) is 4.21. The molecule has 0 amide bonds. The van der Waals surface area contributed by atoms with E-state index in [1.807, 2.05) is 24.4 Å². The predicted molar refractivity (Wildman–Crippen MR) is 112 cm³/mol. The van der Waals surface area contributed by atoms with Crippen molar-refractivity contribution in [3.63, 3.8) is 0 Å². The lowest BCUT2D eigenvalue weighted by Crippen LogP contribution is -2.25. The van der Waals surface area contributed by atoms with Crippen LogP contribution in [-0.4, -0.2) is 19.3 Å². The van der Waals surface area contributed by atoms with Gasteiger partial charge < -0.3 is 5.32 Å². The molecule has 0 radical (unpaired) electrons. The summed E-state index contributed by atoms with van der Waals surface area (Å²) in [5.41, 5.74) is 3.28. The summed E-state index contributed by atoms with van der Waals surface area (Å²) in [6.07, 6.45) is 9.33. The van der Waals surface area contributed by atoms with E-state index in [1.54, 1.807) is 11.9 Å². The van der Waals surface area contributed by atoms with Crippen molar-refractivity contribution in [3.05, 3.63) is 64.5 Å². The lowest BCUT2D eigenvalue weighted by Gasteiger charge is -2.21. The van der Waals surface area contributed by atoms with Gasteiger partial charge in [-0.25, -0.2) is 0 Å². The van der Waals surface area contributed by atoms with Gasteiger partial charge in [0.2, 0.25) is 0 Å². The molecule has 0 spiro atoms. The van der Waals surface area contributed by atoms with Gasteiger partial charge in [0.1, 0.15) is 5.92 Å². The Morgan fingerprint density at radius 2 is 2.12 bits per heavy atom. The van der Waals surface area contributed by atoms with Crippen LogP contribution in [0.5, 0.6) is 0 Å². The Morgan fingerprint density at radius 3 is 2.96 bits per heavy atom. The summed E-state index contributed by atoms with van der Waals surface area (Å²) in [7, 11) is 0. The van der Waals surface area contributed by atoms with Crippen molar-refractivity contribution in [1.82, 2.24) is 10.0 Å². The van der Waals surface area contributed by atoms with E-state index in [4.69, 9.17) is 11.6 Å². The molecule has 0 saturated carbocycles. The second kappa shape index (κ2) is 9.68. The Hall–Kier alpha value is -1.93. The van der Waals surface area contributed by atoms with Gasteiger partial charge in [0.25, 0.3) is 0 Å². The first-order valence-corrected chi connectivity index (χ1v) is 9.92. The molecule has 0 saturated heterocycles. The van der Waals surface area contributed by atoms with Crippen LogP contribution in [0.2, 0.25) is 0 Å².